The SMILES string of the molecule is Fc1ccc(Cl)cc1CC(CBr)(CBr)c1ccccc1Cl. The summed E-state index contributed by atoms with van der Waals surface area (Å²) in [6.45, 7) is 0. The van der Waals surface area contributed by atoms with E-state index in [4.69, 9.17) is 23.2 Å². The molecular weight excluding hydrogens is 442 g/mol. The van der Waals surface area contributed by atoms with Crippen LogP contribution in [0.2, 0.25) is 10.0 Å². The lowest BCUT2D eigenvalue weighted by Gasteiger charge is -2.32. The average molecular weight is 455 g/mol. The molecule has 2 aromatic carbocycles. The molecule has 5 heteroatoms. The van der Waals surface area contributed by atoms with Crippen LogP contribution in [0.1, 0.15) is 11.1 Å². The van der Waals surface area contributed by atoms with Crippen LogP contribution in [0.15, 0.2) is 42.5 Å². The number of alkyl halides is 2. The van der Waals surface area contributed by atoms with Gasteiger partial charge in [0, 0.05) is 26.1 Å². The lowest BCUT2D eigenvalue weighted by Crippen LogP contribution is -2.33. The van der Waals surface area contributed by atoms with Crippen LogP contribution in [0.5, 0.6) is 0 Å². The fourth-order valence-corrected chi connectivity index (χ4v) is 4.76. The van der Waals surface area contributed by atoms with E-state index >= 15 is 0 Å². The lowest BCUT2D eigenvalue weighted by molar-refractivity contribution is 0.523. The van der Waals surface area contributed by atoms with E-state index in [1.54, 1.807) is 12.1 Å². The van der Waals surface area contributed by atoms with Gasteiger partial charge in [-0.1, -0.05) is 73.3 Å². The molecule has 0 amide bonds. The Balaban J connectivity index is 2.48. The first-order chi connectivity index (χ1) is 10.0. The van der Waals surface area contributed by atoms with Crippen molar-refractivity contribution in [1.29, 1.82) is 0 Å². The van der Waals surface area contributed by atoms with Gasteiger partial charge in [0.05, 0.1) is 0 Å². The van der Waals surface area contributed by atoms with E-state index in [1.165, 1.54) is 6.07 Å². The van der Waals surface area contributed by atoms with E-state index in [-0.39, 0.29) is 11.2 Å². The Labute approximate surface area is 150 Å². The molecule has 0 aliphatic rings. The molecule has 21 heavy (non-hydrogen) atoms. The van der Waals surface area contributed by atoms with Crippen LogP contribution in [0, 0.1) is 5.82 Å². The summed E-state index contributed by atoms with van der Waals surface area (Å²) in [6, 6.07) is 12.3. The molecular formula is C16H13Br2Cl2F. The topological polar surface area (TPSA) is 0 Å². The lowest BCUT2D eigenvalue weighted by atomic mass is 9.79. The van der Waals surface area contributed by atoms with Crippen LogP contribution in [0.3, 0.4) is 0 Å². The van der Waals surface area contributed by atoms with Crippen molar-refractivity contribution in [3.63, 3.8) is 0 Å². The zero-order valence-electron chi connectivity index (χ0n) is 11.1. The molecule has 0 saturated carbocycles. The molecule has 2 rings (SSSR count). The maximum absolute atomic E-state index is 14.1. The highest BCUT2D eigenvalue weighted by Crippen LogP contribution is 2.37. The summed E-state index contributed by atoms with van der Waals surface area (Å²) in [6.07, 6.45) is 0.500. The third kappa shape index (κ3) is 3.82. The molecule has 0 aromatic heterocycles. The fourth-order valence-electron chi connectivity index (χ4n) is 2.30. The summed E-state index contributed by atoms with van der Waals surface area (Å²) >= 11 is 19.5. The molecule has 0 nitrogen and oxygen atoms in total. The Morgan fingerprint density at radius 3 is 2.29 bits per heavy atom. The normalized spacial score (nSPS) is 11.7. The van der Waals surface area contributed by atoms with E-state index in [1.807, 2.05) is 24.3 Å². The van der Waals surface area contributed by atoms with Crippen molar-refractivity contribution in [2.24, 2.45) is 0 Å². The third-order valence-electron chi connectivity index (χ3n) is 3.49. The summed E-state index contributed by atoms with van der Waals surface area (Å²) in [4.78, 5) is 0. The van der Waals surface area contributed by atoms with Gasteiger partial charge in [-0.15, -0.1) is 0 Å². The van der Waals surface area contributed by atoms with Gasteiger partial charge in [-0.05, 0) is 41.8 Å². The molecule has 0 unspecified atom stereocenters. The van der Waals surface area contributed by atoms with Crippen LogP contribution in [-0.2, 0) is 11.8 Å². The molecule has 0 bridgehead atoms. The molecule has 0 spiro atoms. The quantitative estimate of drug-likeness (QED) is 0.458. The van der Waals surface area contributed by atoms with Crippen molar-refractivity contribution >= 4 is 55.1 Å². The van der Waals surface area contributed by atoms with Gasteiger partial charge < -0.3 is 0 Å². The summed E-state index contributed by atoms with van der Waals surface area (Å²) in [5, 5.41) is 2.52. The Hall–Kier alpha value is -0.0900. The third-order valence-corrected chi connectivity index (χ3v) is 6.20. The Kier molecular flexibility index (Phi) is 6.13. The predicted molar refractivity (Wildman–Crippen MR) is 95.8 cm³/mol. The van der Waals surface area contributed by atoms with Crippen LogP contribution < -0.4 is 0 Å². The van der Waals surface area contributed by atoms with Crippen molar-refractivity contribution in [2.75, 3.05) is 10.7 Å². The first kappa shape index (κ1) is 17.3. The Bertz CT molecular complexity index is 627. The smallest absolute Gasteiger partial charge is 0.126 e. The second-order valence-electron chi connectivity index (χ2n) is 4.94. The van der Waals surface area contributed by atoms with Gasteiger partial charge in [0.2, 0.25) is 0 Å². The predicted octanol–water partition coefficient (Wildman–Crippen LogP) is 6.40. The highest BCUT2D eigenvalue weighted by Gasteiger charge is 2.33. The molecule has 0 saturated heterocycles. The monoisotopic (exact) mass is 452 g/mol. The average Bonchev–Trinajstić information content (AvgIpc) is 2.49. The second kappa shape index (κ2) is 7.45. The van der Waals surface area contributed by atoms with Gasteiger partial charge in [0.25, 0.3) is 0 Å². The van der Waals surface area contributed by atoms with E-state index in [0.29, 0.717) is 32.7 Å². The summed E-state index contributed by atoms with van der Waals surface area (Å²) in [5.41, 5.74) is 1.23. The van der Waals surface area contributed by atoms with Crippen LogP contribution in [-0.4, -0.2) is 10.7 Å². The summed E-state index contributed by atoms with van der Waals surface area (Å²) in [7, 11) is 0. The molecule has 0 fully saturated rings. The number of hydrogen-bond acceptors (Lipinski definition) is 0. The number of halogens is 5. The molecule has 0 atom stereocenters. The van der Waals surface area contributed by atoms with Gasteiger partial charge in [0.15, 0.2) is 0 Å². The summed E-state index contributed by atoms with van der Waals surface area (Å²) in [5.74, 6) is -0.252. The Morgan fingerprint density at radius 1 is 1.00 bits per heavy atom. The maximum atomic E-state index is 14.1. The number of rotatable bonds is 5. The van der Waals surface area contributed by atoms with E-state index in [9.17, 15) is 4.39 Å². The molecule has 0 N–H and O–H groups in total. The zero-order valence-corrected chi connectivity index (χ0v) is 15.7. The molecule has 0 aliphatic carbocycles. The fraction of sp³-hybridized carbons (Fsp3) is 0.250. The number of benzene rings is 2. The first-order valence-corrected chi connectivity index (χ1v) is 9.33. The highest BCUT2D eigenvalue weighted by molar-refractivity contribution is 9.09. The van der Waals surface area contributed by atoms with Crippen LogP contribution in [0.25, 0.3) is 0 Å². The van der Waals surface area contributed by atoms with Gasteiger partial charge >= 0.3 is 0 Å². The van der Waals surface area contributed by atoms with Crippen molar-refractivity contribution < 1.29 is 4.39 Å². The molecule has 112 valence electrons. The van der Waals surface area contributed by atoms with Gasteiger partial charge in [-0.25, -0.2) is 4.39 Å². The summed E-state index contributed by atoms with van der Waals surface area (Å²) < 4.78 is 14.1. The maximum Gasteiger partial charge on any atom is 0.126 e. The standard InChI is InChI=1S/C16H13Br2Cl2F/c17-9-16(10-18,13-3-1-2-4-14(13)20)8-11-7-12(19)5-6-15(11)21/h1-7H,8-10H2. The highest BCUT2D eigenvalue weighted by atomic mass is 79.9. The minimum Gasteiger partial charge on any atom is -0.207 e. The van der Waals surface area contributed by atoms with Crippen LogP contribution in [0.4, 0.5) is 4.39 Å². The molecule has 0 aliphatic heterocycles. The second-order valence-corrected chi connectivity index (χ2v) is 6.91. The minimum atomic E-state index is -0.343. The minimum absolute atomic E-state index is 0.252. The molecule has 0 radical (unpaired) electrons. The van der Waals surface area contributed by atoms with Crippen molar-refractivity contribution in [1.82, 2.24) is 0 Å². The van der Waals surface area contributed by atoms with E-state index in [0.717, 1.165) is 5.56 Å². The van der Waals surface area contributed by atoms with Crippen molar-refractivity contribution in [3.05, 3.63) is 69.5 Å². The van der Waals surface area contributed by atoms with Crippen molar-refractivity contribution in [3.8, 4) is 0 Å². The Morgan fingerprint density at radius 2 is 1.67 bits per heavy atom. The van der Waals surface area contributed by atoms with Gasteiger partial charge in [-0.3, -0.25) is 0 Å². The van der Waals surface area contributed by atoms with Crippen LogP contribution >= 0.6 is 55.1 Å². The van der Waals surface area contributed by atoms with Gasteiger partial charge in [0.1, 0.15) is 5.82 Å². The first-order valence-electron chi connectivity index (χ1n) is 6.33. The van der Waals surface area contributed by atoms with E-state index in [2.05, 4.69) is 31.9 Å². The zero-order chi connectivity index (χ0) is 15.5. The molecule has 0 heterocycles. The molecule has 2 aromatic rings. The van der Waals surface area contributed by atoms with E-state index < -0.39 is 0 Å². The largest absolute Gasteiger partial charge is 0.207 e. The van der Waals surface area contributed by atoms with Gasteiger partial charge in [-0.2, -0.15) is 0 Å². The van der Waals surface area contributed by atoms with Crippen molar-refractivity contribution in [2.45, 2.75) is 11.8 Å². The number of hydrogen-bond donors (Lipinski definition) is 0.